The molecule has 0 radical (unpaired) electrons. The van der Waals surface area contributed by atoms with E-state index in [0.717, 1.165) is 25.1 Å². The van der Waals surface area contributed by atoms with Crippen molar-refractivity contribution in [3.05, 3.63) is 35.9 Å². The quantitative estimate of drug-likeness (QED) is 0.697. The first-order valence-electron chi connectivity index (χ1n) is 4.67. The summed E-state index contributed by atoms with van der Waals surface area (Å²) >= 11 is 0. The molecule has 0 aliphatic carbocycles. The average Bonchev–Trinajstić information content (AvgIpc) is 2.49. The molecule has 2 nitrogen and oxygen atoms in total. The monoisotopic (exact) mass is 177 g/mol. The van der Waals surface area contributed by atoms with Crippen LogP contribution in [0.25, 0.3) is 0 Å². The van der Waals surface area contributed by atoms with Crippen LogP contribution in [0.5, 0.6) is 0 Å². The van der Waals surface area contributed by atoms with E-state index in [0.29, 0.717) is 0 Å². The summed E-state index contributed by atoms with van der Waals surface area (Å²) in [5.74, 6) is 0. The molecule has 1 N–H and O–H groups in total. The van der Waals surface area contributed by atoms with Crippen LogP contribution >= 0.6 is 0 Å². The van der Waals surface area contributed by atoms with Crippen molar-refractivity contribution in [1.29, 1.82) is 0 Å². The first kappa shape index (κ1) is 8.73. The SMILES string of the molecule is CN1CCC(O)(c2ccccc2)C1. The zero-order chi connectivity index (χ0) is 9.31. The van der Waals surface area contributed by atoms with Gasteiger partial charge in [0.05, 0.1) is 0 Å². The van der Waals surface area contributed by atoms with E-state index in [2.05, 4.69) is 4.90 Å². The minimum atomic E-state index is -0.615. The van der Waals surface area contributed by atoms with Crippen LogP contribution in [-0.4, -0.2) is 30.1 Å². The second-order valence-electron chi connectivity index (χ2n) is 3.89. The molecule has 1 fully saturated rings. The Bertz CT molecular complexity index is 285. The van der Waals surface area contributed by atoms with Gasteiger partial charge in [-0.1, -0.05) is 30.3 Å². The summed E-state index contributed by atoms with van der Waals surface area (Å²) in [4.78, 5) is 2.16. The van der Waals surface area contributed by atoms with Gasteiger partial charge in [-0.05, 0) is 19.0 Å². The van der Waals surface area contributed by atoms with Crippen molar-refractivity contribution in [1.82, 2.24) is 4.90 Å². The molecule has 2 heteroatoms. The zero-order valence-electron chi connectivity index (χ0n) is 7.90. The molecule has 1 unspecified atom stereocenters. The van der Waals surface area contributed by atoms with Gasteiger partial charge in [-0.25, -0.2) is 0 Å². The van der Waals surface area contributed by atoms with Gasteiger partial charge in [0.25, 0.3) is 0 Å². The third-order valence-electron chi connectivity index (χ3n) is 2.75. The molecule has 13 heavy (non-hydrogen) atoms. The average molecular weight is 177 g/mol. The Labute approximate surface area is 78.8 Å². The van der Waals surface area contributed by atoms with Crippen LogP contribution in [0, 0.1) is 0 Å². The van der Waals surface area contributed by atoms with Crippen molar-refractivity contribution in [3.63, 3.8) is 0 Å². The van der Waals surface area contributed by atoms with Gasteiger partial charge >= 0.3 is 0 Å². The third-order valence-corrected chi connectivity index (χ3v) is 2.75. The number of β-amino-alcohol motifs (C(OH)–C–C–N with tert-alkyl or cyclic N) is 1. The van der Waals surface area contributed by atoms with Gasteiger partial charge in [0.15, 0.2) is 0 Å². The van der Waals surface area contributed by atoms with E-state index in [1.165, 1.54) is 0 Å². The molecule has 1 heterocycles. The Hall–Kier alpha value is -0.860. The summed E-state index contributed by atoms with van der Waals surface area (Å²) in [6.07, 6.45) is 0.841. The summed E-state index contributed by atoms with van der Waals surface area (Å²) in [5, 5.41) is 10.3. The number of nitrogens with zero attached hydrogens (tertiary/aromatic N) is 1. The lowest BCUT2D eigenvalue weighted by atomic mass is 9.93. The number of hydrogen-bond donors (Lipinski definition) is 1. The van der Waals surface area contributed by atoms with Crippen LogP contribution in [0.4, 0.5) is 0 Å². The maximum Gasteiger partial charge on any atom is 0.103 e. The third kappa shape index (κ3) is 1.60. The first-order valence-corrected chi connectivity index (χ1v) is 4.67. The predicted molar refractivity (Wildman–Crippen MR) is 52.5 cm³/mol. The van der Waals surface area contributed by atoms with Crippen molar-refractivity contribution >= 4 is 0 Å². The van der Waals surface area contributed by atoms with E-state index in [-0.39, 0.29) is 0 Å². The van der Waals surface area contributed by atoms with E-state index in [1.54, 1.807) is 0 Å². The molecule has 0 aromatic heterocycles. The van der Waals surface area contributed by atoms with Crippen molar-refractivity contribution in [3.8, 4) is 0 Å². The number of likely N-dealkylation sites (N-methyl/N-ethyl adjacent to an activating group) is 1. The number of aliphatic hydroxyl groups is 1. The minimum absolute atomic E-state index is 0.615. The van der Waals surface area contributed by atoms with Gasteiger partial charge in [0.2, 0.25) is 0 Å². The van der Waals surface area contributed by atoms with Crippen LogP contribution < -0.4 is 0 Å². The maximum atomic E-state index is 10.3. The molecular formula is C11H15NO. The Balaban J connectivity index is 2.26. The van der Waals surface area contributed by atoms with Crippen LogP contribution in [0.3, 0.4) is 0 Å². The lowest BCUT2D eigenvalue weighted by molar-refractivity contribution is 0.0489. The summed E-state index contributed by atoms with van der Waals surface area (Å²) in [6, 6.07) is 9.93. The molecule has 1 saturated heterocycles. The fraction of sp³-hybridized carbons (Fsp3) is 0.455. The smallest absolute Gasteiger partial charge is 0.103 e. The topological polar surface area (TPSA) is 23.5 Å². The van der Waals surface area contributed by atoms with Gasteiger partial charge in [-0.3, -0.25) is 0 Å². The molecule has 1 aromatic rings. The number of rotatable bonds is 1. The van der Waals surface area contributed by atoms with Gasteiger partial charge in [-0.2, -0.15) is 0 Å². The molecule has 1 atom stereocenters. The molecular weight excluding hydrogens is 162 g/mol. The second-order valence-corrected chi connectivity index (χ2v) is 3.89. The van der Waals surface area contributed by atoms with E-state index in [1.807, 2.05) is 37.4 Å². The van der Waals surface area contributed by atoms with Crippen molar-refractivity contribution in [2.75, 3.05) is 20.1 Å². The highest BCUT2D eigenvalue weighted by molar-refractivity contribution is 5.23. The lowest BCUT2D eigenvalue weighted by Gasteiger charge is -2.22. The number of hydrogen-bond acceptors (Lipinski definition) is 2. The standard InChI is InChI=1S/C11H15NO/c1-12-8-7-11(13,9-12)10-5-3-2-4-6-10/h2-6,13H,7-9H2,1H3. The fourth-order valence-corrected chi connectivity index (χ4v) is 1.96. The first-order chi connectivity index (χ1) is 6.21. The molecule has 0 spiro atoms. The van der Waals surface area contributed by atoms with Crippen LogP contribution in [0.15, 0.2) is 30.3 Å². The highest BCUT2D eigenvalue weighted by Gasteiger charge is 2.35. The molecule has 0 bridgehead atoms. The highest BCUT2D eigenvalue weighted by atomic mass is 16.3. The fourth-order valence-electron chi connectivity index (χ4n) is 1.96. The zero-order valence-corrected chi connectivity index (χ0v) is 7.90. The van der Waals surface area contributed by atoms with Gasteiger partial charge in [0.1, 0.15) is 5.60 Å². The molecule has 1 aromatic carbocycles. The predicted octanol–water partition coefficient (Wildman–Crippen LogP) is 1.21. The van der Waals surface area contributed by atoms with Gasteiger partial charge in [0, 0.05) is 13.1 Å². The molecule has 2 rings (SSSR count). The Morgan fingerprint density at radius 1 is 1.31 bits per heavy atom. The Kier molecular flexibility index (Phi) is 2.10. The van der Waals surface area contributed by atoms with Crippen LogP contribution in [0.1, 0.15) is 12.0 Å². The lowest BCUT2D eigenvalue weighted by Crippen LogP contribution is -2.28. The molecule has 1 aliphatic heterocycles. The molecule has 70 valence electrons. The van der Waals surface area contributed by atoms with Crippen LogP contribution in [-0.2, 0) is 5.60 Å². The Morgan fingerprint density at radius 3 is 2.54 bits per heavy atom. The van der Waals surface area contributed by atoms with Crippen LogP contribution in [0.2, 0.25) is 0 Å². The highest BCUT2D eigenvalue weighted by Crippen LogP contribution is 2.30. The summed E-state index contributed by atoms with van der Waals surface area (Å²) in [5.41, 5.74) is 0.426. The summed E-state index contributed by atoms with van der Waals surface area (Å²) < 4.78 is 0. The summed E-state index contributed by atoms with van der Waals surface area (Å²) in [7, 11) is 2.04. The van der Waals surface area contributed by atoms with Crippen molar-refractivity contribution in [2.45, 2.75) is 12.0 Å². The second kappa shape index (κ2) is 3.13. The van der Waals surface area contributed by atoms with Gasteiger partial charge < -0.3 is 10.0 Å². The summed E-state index contributed by atoms with van der Waals surface area (Å²) in [6.45, 7) is 1.72. The normalized spacial score (nSPS) is 29.4. The largest absolute Gasteiger partial charge is 0.384 e. The van der Waals surface area contributed by atoms with E-state index in [4.69, 9.17) is 0 Å². The van der Waals surface area contributed by atoms with E-state index < -0.39 is 5.60 Å². The van der Waals surface area contributed by atoms with E-state index >= 15 is 0 Å². The minimum Gasteiger partial charge on any atom is -0.384 e. The molecule has 0 amide bonds. The van der Waals surface area contributed by atoms with Crippen molar-refractivity contribution in [2.24, 2.45) is 0 Å². The maximum absolute atomic E-state index is 10.3. The molecule has 0 saturated carbocycles. The molecule has 1 aliphatic rings. The Morgan fingerprint density at radius 2 is 2.00 bits per heavy atom. The number of benzene rings is 1. The number of likely N-dealkylation sites (tertiary alicyclic amines) is 1. The van der Waals surface area contributed by atoms with Gasteiger partial charge in [-0.15, -0.1) is 0 Å². The van der Waals surface area contributed by atoms with Crippen molar-refractivity contribution < 1.29 is 5.11 Å². The van der Waals surface area contributed by atoms with E-state index in [9.17, 15) is 5.11 Å².